The summed E-state index contributed by atoms with van der Waals surface area (Å²) in [5.74, 6) is -1.33. The van der Waals surface area contributed by atoms with E-state index in [0.717, 1.165) is 25.7 Å². The maximum atomic E-state index is 10.6. The van der Waals surface area contributed by atoms with Crippen molar-refractivity contribution in [2.75, 3.05) is 26.2 Å². The molecule has 0 aliphatic heterocycles. The maximum absolute atomic E-state index is 10.6. The molecule has 0 aromatic rings. The van der Waals surface area contributed by atoms with Crippen LogP contribution in [0.1, 0.15) is 13.8 Å². The molecule has 0 atom stereocenters. The number of aliphatic carboxylic acids is 1. The molecule has 0 aromatic carbocycles. The number of carbonyl (C=O) groups excluding carboxylic acids is 1. The van der Waals surface area contributed by atoms with E-state index in [4.69, 9.17) is 9.84 Å². The van der Waals surface area contributed by atoms with Crippen LogP contribution in [0, 0.1) is 0 Å². The van der Waals surface area contributed by atoms with Crippen LogP contribution in [0.15, 0.2) is 25.3 Å². The van der Waals surface area contributed by atoms with Crippen molar-refractivity contribution >= 4 is 11.9 Å². The van der Waals surface area contributed by atoms with E-state index in [1.807, 2.05) is 0 Å². The highest BCUT2D eigenvalue weighted by Gasteiger charge is 1.99. The third kappa shape index (κ3) is 14.4. The number of nitrogens with zero attached hydrogens (tertiary/aromatic N) is 1. The molecule has 98 valence electrons. The lowest BCUT2D eigenvalue weighted by molar-refractivity contribution is -0.138. The first-order valence-corrected chi connectivity index (χ1v) is 5.38. The molecule has 0 aliphatic carbocycles. The Morgan fingerprint density at radius 3 is 2.00 bits per heavy atom. The van der Waals surface area contributed by atoms with E-state index >= 15 is 0 Å². The van der Waals surface area contributed by atoms with Crippen LogP contribution in [0.25, 0.3) is 0 Å². The normalized spacial score (nSPS) is 8.88. The molecule has 0 saturated carbocycles. The Balaban J connectivity index is 0. The van der Waals surface area contributed by atoms with Gasteiger partial charge in [-0.2, -0.15) is 0 Å². The van der Waals surface area contributed by atoms with Gasteiger partial charge in [0.1, 0.15) is 6.61 Å². The minimum Gasteiger partial charge on any atom is -0.478 e. The second kappa shape index (κ2) is 12.4. The standard InChI is InChI=1S/C9H17NO2.C3H4O2/c1-4-9(11)12-8-7-10(5-2)6-3;1-2-3(4)5/h4H,1,5-8H2,2-3H3;2H,1H2,(H,4,5). The van der Waals surface area contributed by atoms with E-state index in [1.54, 1.807) is 0 Å². The number of likely N-dealkylation sites (N-methyl/N-ethyl adjacent to an activating group) is 1. The third-order valence-electron chi connectivity index (χ3n) is 1.89. The summed E-state index contributed by atoms with van der Waals surface area (Å²) in [6.45, 7) is 13.7. The molecular formula is C12H21NO4. The summed E-state index contributed by atoms with van der Waals surface area (Å²) in [6, 6.07) is 0. The molecule has 17 heavy (non-hydrogen) atoms. The average Bonchev–Trinajstić information content (AvgIpc) is 2.35. The van der Waals surface area contributed by atoms with Gasteiger partial charge in [-0.3, -0.25) is 0 Å². The minimum atomic E-state index is -0.981. The predicted octanol–water partition coefficient (Wildman–Crippen LogP) is 1.31. The van der Waals surface area contributed by atoms with Gasteiger partial charge in [0, 0.05) is 18.7 Å². The predicted molar refractivity (Wildman–Crippen MR) is 66.8 cm³/mol. The van der Waals surface area contributed by atoms with Crippen LogP contribution < -0.4 is 0 Å². The maximum Gasteiger partial charge on any atom is 0.330 e. The van der Waals surface area contributed by atoms with E-state index in [0.29, 0.717) is 6.61 Å². The fourth-order valence-electron chi connectivity index (χ4n) is 0.874. The first-order valence-electron chi connectivity index (χ1n) is 5.38. The first-order chi connectivity index (χ1) is 8.01. The van der Waals surface area contributed by atoms with Gasteiger partial charge in [0.25, 0.3) is 0 Å². The number of carboxylic acid groups (broad SMARTS) is 1. The minimum absolute atomic E-state index is 0.345. The second-order valence-electron chi connectivity index (χ2n) is 2.94. The van der Waals surface area contributed by atoms with Gasteiger partial charge >= 0.3 is 11.9 Å². The lowest BCUT2D eigenvalue weighted by atomic mass is 10.5. The molecule has 5 heteroatoms. The van der Waals surface area contributed by atoms with Gasteiger partial charge in [-0.15, -0.1) is 0 Å². The summed E-state index contributed by atoms with van der Waals surface area (Å²) in [5.41, 5.74) is 0. The fraction of sp³-hybridized carbons (Fsp3) is 0.500. The highest BCUT2D eigenvalue weighted by atomic mass is 16.5. The first kappa shape index (κ1) is 17.8. The molecule has 0 aliphatic rings. The van der Waals surface area contributed by atoms with Crippen LogP contribution in [0.5, 0.6) is 0 Å². The molecule has 0 bridgehead atoms. The Bertz CT molecular complexity index is 247. The zero-order valence-corrected chi connectivity index (χ0v) is 10.5. The Morgan fingerprint density at radius 1 is 1.24 bits per heavy atom. The highest BCUT2D eigenvalue weighted by Crippen LogP contribution is 1.87. The van der Waals surface area contributed by atoms with E-state index in [-0.39, 0.29) is 5.97 Å². The summed E-state index contributed by atoms with van der Waals surface area (Å²) >= 11 is 0. The van der Waals surface area contributed by atoms with Crippen molar-refractivity contribution < 1.29 is 19.4 Å². The van der Waals surface area contributed by atoms with Crippen LogP contribution in [0.3, 0.4) is 0 Å². The van der Waals surface area contributed by atoms with Crippen LogP contribution in [0.4, 0.5) is 0 Å². The van der Waals surface area contributed by atoms with E-state index in [1.165, 1.54) is 6.08 Å². The Hall–Kier alpha value is -1.62. The van der Waals surface area contributed by atoms with Gasteiger partial charge in [-0.25, -0.2) is 9.59 Å². The number of rotatable bonds is 7. The monoisotopic (exact) mass is 243 g/mol. The highest BCUT2D eigenvalue weighted by molar-refractivity contribution is 5.81. The topological polar surface area (TPSA) is 66.8 Å². The van der Waals surface area contributed by atoms with Gasteiger partial charge in [0.2, 0.25) is 0 Å². The summed E-state index contributed by atoms with van der Waals surface area (Å²) in [4.78, 5) is 22.1. The summed E-state index contributed by atoms with van der Waals surface area (Å²) in [5, 5.41) is 7.60. The molecule has 0 heterocycles. The number of carboxylic acids is 1. The van der Waals surface area contributed by atoms with Crippen molar-refractivity contribution in [3.63, 3.8) is 0 Å². The number of esters is 1. The van der Waals surface area contributed by atoms with Crippen molar-refractivity contribution in [2.24, 2.45) is 0 Å². The Kier molecular flexibility index (Phi) is 13.0. The molecule has 0 spiro atoms. The number of ether oxygens (including phenoxy) is 1. The Morgan fingerprint density at radius 2 is 1.71 bits per heavy atom. The lowest BCUT2D eigenvalue weighted by Gasteiger charge is -2.16. The average molecular weight is 243 g/mol. The quantitative estimate of drug-likeness (QED) is 0.539. The van der Waals surface area contributed by atoms with E-state index in [2.05, 4.69) is 31.9 Å². The molecule has 0 rings (SSSR count). The number of carbonyl (C=O) groups is 2. The smallest absolute Gasteiger partial charge is 0.330 e. The number of hydrogen-bond acceptors (Lipinski definition) is 4. The van der Waals surface area contributed by atoms with Gasteiger partial charge in [0.15, 0.2) is 0 Å². The van der Waals surface area contributed by atoms with Crippen LogP contribution in [0.2, 0.25) is 0 Å². The zero-order chi connectivity index (χ0) is 13.7. The molecule has 1 N–H and O–H groups in total. The van der Waals surface area contributed by atoms with Crippen LogP contribution in [-0.4, -0.2) is 48.2 Å². The Labute approximate surface area is 102 Å². The van der Waals surface area contributed by atoms with Crippen LogP contribution in [-0.2, 0) is 14.3 Å². The van der Waals surface area contributed by atoms with Gasteiger partial charge < -0.3 is 14.7 Å². The molecule has 0 saturated heterocycles. The van der Waals surface area contributed by atoms with Crippen molar-refractivity contribution in [1.29, 1.82) is 0 Å². The third-order valence-corrected chi connectivity index (χ3v) is 1.89. The molecule has 5 nitrogen and oxygen atoms in total. The molecule has 0 aromatic heterocycles. The van der Waals surface area contributed by atoms with E-state index < -0.39 is 5.97 Å². The van der Waals surface area contributed by atoms with Gasteiger partial charge in [0.05, 0.1) is 0 Å². The van der Waals surface area contributed by atoms with Crippen molar-refractivity contribution in [3.8, 4) is 0 Å². The zero-order valence-electron chi connectivity index (χ0n) is 10.5. The van der Waals surface area contributed by atoms with E-state index in [9.17, 15) is 9.59 Å². The SMILES string of the molecule is C=CC(=O)O.C=CC(=O)OCCN(CC)CC. The molecule has 0 amide bonds. The van der Waals surface area contributed by atoms with Crippen molar-refractivity contribution in [1.82, 2.24) is 4.90 Å². The molecular weight excluding hydrogens is 222 g/mol. The molecule has 0 unspecified atom stereocenters. The summed E-state index contributed by atoms with van der Waals surface area (Å²) in [6.07, 6.45) is 2.02. The van der Waals surface area contributed by atoms with Crippen LogP contribution >= 0.6 is 0 Å². The molecule has 0 radical (unpaired) electrons. The lowest BCUT2D eigenvalue weighted by Crippen LogP contribution is -2.27. The van der Waals surface area contributed by atoms with Gasteiger partial charge in [-0.1, -0.05) is 27.0 Å². The summed E-state index contributed by atoms with van der Waals surface area (Å²) < 4.78 is 4.83. The van der Waals surface area contributed by atoms with Gasteiger partial charge in [-0.05, 0) is 13.1 Å². The largest absolute Gasteiger partial charge is 0.478 e. The summed E-state index contributed by atoms with van der Waals surface area (Å²) in [7, 11) is 0. The second-order valence-corrected chi connectivity index (χ2v) is 2.94. The fourth-order valence-corrected chi connectivity index (χ4v) is 0.874. The molecule has 0 fully saturated rings. The van der Waals surface area contributed by atoms with Crippen molar-refractivity contribution in [3.05, 3.63) is 25.3 Å². The number of hydrogen-bond donors (Lipinski definition) is 1. The van der Waals surface area contributed by atoms with Crippen molar-refractivity contribution in [2.45, 2.75) is 13.8 Å².